The van der Waals surface area contributed by atoms with Crippen LogP contribution in [0.4, 0.5) is 0 Å². The van der Waals surface area contributed by atoms with Crippen molar-refractivity contribution >= 4 is 5.78 Å². The van der Waals surface area contributed by atoms with Crippen LogP contribution >= 0.6 is 0 Å². The van der Waals surface area contributed by atoms with E-state index in [1.807, 2.05) is 26.2 Å². The van der Waals surface area contributed by atoms with Gasteiger partial charge < -0.3 is 19.1 Å². The Hall–Kier alpha value is -2.54. The van der Waals surface area contributed by atoms with Gasteiger partial charge in [-0.1, -0.05) is 0 Å². The number of hydrogen-bond acceptors (Lipinski definition) is 5. The van der Waals surface area contributed by atoms with Gasteiger partial charge in [0, 0.05) is 19.7 Å². The molecule has 138 valence electrons. The van der Waals surface area contributed by atoms with Gasteiger partial charge in [0.05, 0.1) is 32.7 Å². The summed E-state index contributed by atoms with van der Waals surface area (Å²) in [6, 6.07) is 2.04. The highest BCUT2D eigenvalue weighted by Crippen LogP contribution is 2.47. The zero-order valence-corrected chi connectivity index (χ0v) is 15.6. The van der Waals surface area contributed by atoms with Crippen LogP contribution in [0.1, 0.15) is 39.6 Å². The van der Waals surface area contributed by atoms with Crippen molar-refractivity contribution in [1.82, 2.24) is 9.78 Å². The molecule has 1 unspecified atom stereocenters. The van der Waals surface area contributed by atoms with E-state index < -0.39 is 0 Å². The van der Waals surface area contributed by atoms with Gasteiger partial charge >= 0.3 is 0 Å². The summed E-state index contributed by atoms with van der Waals surface area (Å²) in [5, 5.41) is 4.34. The summed E-state index contributed by atoms with van der Waals surface area (Å²) >= 11 is 0. The molecule has 2 atom stereocenters. The Morgan fingerprint density at radius 3 is 2.96 bits per heavy atom. The molecule has 2 aliphatic rings. The number of hydrogen-bond donors (Lipinski definition) is 1. The van der Waals surface area contributed by atoms with E-state index in [4.69, 9.17) is 14.2 Å². The molecule has 7 heteroatoms. The molecule has 0 amide bonds. The van der Waals surface area contributed by atoms with Crippen molar-refractivity contribution in [2.75, 3.05) is 27.5 Å². The summed E-state index contributed by atoms with van der Waals surface area (Å²) < 4.78 is 18.6. The topological polar surface area (TPSA) is 67.0 Å². The summed E-state index contributed by atoms with van der Waals surface area (Å²) in [6.07, 6.45) is 3.17. The number of quaternary nitrogens is 1. The third-order valence-corrected chi connectivity index (χ3v) is 5.35. The SMILES string of the molecule is COc1c2c(cc3c1[C@@H](CC(=O)c1nn(C)cc1C)[NH+](C)CC3)OCO2. The largest absolute Gasteiger partial charge is 0.492 e. The molecule has 1 N–H and O–H groups in total. The number of ether oxygens (including phenoxy) is 3. The maximum Gasteiger partial charge on any atom is 0.231 e. The molecule has 0 saturated heterocycles. The number of ketones is 1. The second-order valence-corrected chi connectivity index (χ2v) is 7.08. The number of nitrogens with zero attached hydrogens (tertiary/aromatic N) is 2. The van der Waals surface area contributed by atoms with Gasteiger partial charge in [0.1, 0.15) is 11.7 Å². The Kier molecular flexibility index (Phi) is 4.11. The van der Waals surface area contributed by atoms with Gasteiger partial charge in [-0.3, -0.25) is 9.48 Å². The summed E-state index contributed by atoms with van der Waals surface area (Å²) in [5.74, 6) is 2.13. The zero-order chi connectivity index (χ0) is 18.4. The lowest BCUT2D eigenvalue weighted by Gasteiger charge is -2.32. The van der Waals surface area contributed by atoms with Gasteiger partial charge in [0.15, 0.2) is 17.3 Å². The molecule has 0 fully saturated rings. The van der Waals surface area contributed by atoms with Gasteiger partial charge in [-0.25, -0.2) is 0 Å². The highest BCUT2D eigenvalue weighted by Gasteiger charge is 2.38. The summed E-state index contributed by atoms with van der Waals surface area (Å²) in [4.78, 5) is 14.2. The predicted octanol–water partition coefficient (Wildman–Crippen LogP) is 0.851. The summed E-state index contributed by atoms with van der Waals surface area (Å²) in [7, 11) is 5.60. The standard InChI is InChI=1S/C19H23N3O4/c1-11-9-22(3)20-17(11)14(23)8-13-16-12(5-6-21(13)2)7-15-18(19(16)24-4)26-10-25-15/h7,9,13H,5-6,8,10H2,1-4H3/p+1/t13-/m1/s1. The number of rotatable bonds is 4. The van der Waals surface area contributed by atoms with Crippen molar-refractivity contribution in [3.05, 3.63) is 34.6 Å². The number of carbonyl (C=O) groups is 1. The van der Waals surface area contributed by atoms with Crippen LogP contribution in [-0.2, 0) is 13.5 Å². The fourth-order valence-corrected chi connectivity index (χ4v) is 4.06. The number of carbonyl (C=O) groups excluding carboxylic acids is 1. The molecule has 2 aliphatic heterocycles. The third-order valence-electron chi connectivity index (χ3n) is 5.35. The van der Waals surface area contributed by atoms with Crippen LogP contribution in [-0.4, -0.2) is 43.1 Å². The van der Waals surface area contributed by atoms with E-state index in [2.05, 4.69) is 12.1 Å². The molecule has 0 spiro atoms. The fourth-order valence-electron chi connectivity index (χ4n) is 4.06. The first-order chi connectivity index (χ1) is 12.5. The van der Waals surface area contributed by atoms with Crippen LogP contribution in [0.3, 0.4) is 0 Å². The van der Waals surface area contributed by atoms with Gasteiger partial charge in [-0.15, -0.1) is 0 Å². The number of nitrogens with one attached hydrogen (secondary N) is 1. The lowest BCUT2D eigenvalue weighted by molar-refractivity contribution is -0.913. The van der Waals surface area contributed by atoms with Crippen LogP contribution in [0.2, 0.25) is 0 Å². The van der Waals surface area contributed by atoms with E-state index in [1.165, 1.54) is 10.5 Å². The molecule has 7 nitrogen and oxygen atoms in total. The number of aryl methyl sites for hydroxylation is 2. The first-order valence-electron chi connectivity index (χ1n) is 8.84. The molecule has 0 aliphatic carbocycles. The monoisotopic (exact) mass is 358 g/mol. The number of methoxy groups -OCH3 is 1. The smallest absolute Gasteiger partial charge is 0.231 e. The van der Waals surface area contributed by atoms with Crippen LogP contribution < -0.4 is 19.1 Å². The van der Waals surface area contributed by atoms with Crippen molar-refractivity contribution in [2.24, 2.45) is 7.05 Å². The second-order valence-electron chi connectivity index (χ2n) is 7.08. The average Bonchev–Trinajstić information content (AvgIpc) is 3.21. The molecule has 3 heterocycles. The minimum Gasteiger partial charge on any atom is -0.492 e. The number of benzene rings is 1. The Bertz CT molecular complexity index is 874. The number of likely N-dealkylation sites (N-methyl/N-ethyl adjacent to an activating group) is 1. The lowest BCUT2D eigenvalue weighted by atomic mass is 9.88. The summed E-state index contributed by atoms with van der Waals surface area (Å²) in [6.45, 7) is 3.08. The molecule has 26 heavy (non-hydrogen) atoms. The Morgan fingerprint density at radius 2 is 2.27 bits per heavy atom. The third kappa shape index (κ3) is 2.63. The normalized spacial score (nSPS) is 20.8. The number of aromatic nitrogens is 2. The fraction of sp³-hybridized carbons (Fsp3) is 0.474. The molecular formula is C19H24N3O4+. The Balaban J connectivity index is 1.74. The van der Waals surface area contributed by atoms with E-state index in [0.717, 1.165) is 29.8 Å². The molecule has 1 aromatic carbocycles. The highest BCUT2D eigenvalue weighted by atomic mass is 16.7. The number of Topliss-reactive ketones (excluding diaryl/α,β-unsaturated/α-hetero) is 1. The molecule has 2 aromatic rings. The lowest BCUT2D eigenvalue weighted by Crippen LogP contribution is -3.10. The van der Waals surface area contributed by atoms with Crippen molar-refractivity contribution in [1.29, 1.82) is 0 Å². The second kappa shape index (κ2) is 6.32. The van der Waals surface area contributed by atoms with E-state index in [1.54, 1.807) is 11.8 Å². The van der Waals surface area contributed by atoms with Crippen LogP contribution in [0, 0.1) is 6.92 Å². The maximum absolute atomic E-state index is 12.9. The van der Waals surface area contributed by atoms with Crippen molar-refractivity contribution < 1.29 is 23.9 Å². The average molecular weight is 358 g/mol. The molecule has 1 aromatic heterocycles. The van der Waals surface area contributed by atoms with Crippen molar-refractivity contribution in [3.63, 3.8) is 0 Å². The molecule has 0 bridgehead atoms. The first-order valence-corrected chi connectivity index (χ1v) is 8.84. The Labute approximate surface area is 152 Å². The van der Waals surface area contributed by atoms with Crippen molar-refractivity contribution in [3.8, 4) is 17.2 Å². The molecule has 4 rings (SSSR count). The zero-order valence-electron chi connectivity index (χ0n) is 15.6. The van der Waals surface area contributed by atoms with Crippen LogP contribution in [0.5, 0.6) is 17.2 Å². The van der Waals surface area contributed by atoms with Gasteiger partial charge in [-0.05, 0) is 24.1 Å². The van der Waals surface area contributed by atoms with Crippen LogP contribution in [0.25, 0.3) is 0 Å². The maximum atomic E-state index is 12.9. The van der Waals surface area contributed by atoms with E-state index in [-0.39, 0.29) is 18.6 Å². The summed E-state index contributed by atoms with van der Waals surface area (Å²) in [5.41, 5.74) is 3.69. The first kappa shape index (κ1) is 16.9. The molecule has 0 saturated carbocycles. The highest BCUT2D eigenvalue weighted by molar-refractivity contribution is 5.96. The molecule has 0 radical (unpaired) electrons. The van der Waals surface area contributed by atoms with E-state index in [9.17, 15) is 4.79 Å². The van der Waals surface area contributed by atoms with Gasteiger partial charge in [0.2, 0.25) is 12.5 Å². The van der Waals surface area contributed by atoms with E-state index in [0.29, 0.717) is 23.6 Å². The van der Waals surface area contributed by atoms with Crippen LogP contribution in [0.15, 0.2) is 12.3 Å². The van der Waals surface area contributed by atoms with Gasteiger partial charge in [-0.2, -0.15) is 5.10 Å². The number of fused-ring (bicyclic) bond motifs is 2. The molecular weight excluding hydrogens is 334 g/mol. The van der Waals surface area contributed by atoms with Crippen molar-refractivity contribution in [2.45, 2.75) is 25.8 Å². The van der Waals surface area contributed by atoms with Gasteiger partial charge in [0.25, 0.3) is 0 Å². The minimum atomic E-state index is -0.00268. The quantitative estimate of drug-likeness (QED) is 0.821. The predicted molar refractivity (Wildman–Crippen MR) is 94.2 cm³/mol. The minimum absolute atomic E-state index is 0.00268. The van der Waals surface area contributed by atoms with E-state index >= 15 is 0 Å². The Morgan fingerprint density at radius 1 is 1.46 bits per heavy atom.